The summed E-state index contributed by atoms with van der Waals surface area (Å²) in [6.45, 7) is 0. The number of benzene rings is 1. The molecule has 1 aliphatic rings. The summed E-state index contributed by atoms with van der Waals surface area (Å²) in [5.74, 6) is 0. The number of nitrogens with zero attached hydrogens (tertiary/aromatic N) is 2. The molecule has 0 unspecified atom stereocenters. The molecule has 72 valence electrons. The fourth-order valence-electron chi connectivity index (χ4n) is 1.56. The Morgan fingerprint density at radius 3 is 3.33 bits per heavy atom. The number of ether oxygens (including phenoxy) is 1. The molecule has 3 nitrogen and oxygen atoms in total. The summed E-state index contributed by atoms with van der Waals surface area (Å²) in [7, 11) is 0. The molecular formula is C12H8N2O. The number of hydrogen-bond donors (Lipinski definition) is 0. The summed E-state index contributed by atoms with van der Waals surface area (Å²) in [5, 5.41) is 2.49. The van der Waals surface area contributed by atoms with Gasteiger partial charge in [0.15, 0.2) is 0 Å². The molecule has 0 amide bonds. The fourth-order valence-corrected chi connectivity index (χ4v) is 1.56. The Morgan fingerprint density at radius 1 is 1.33 bits per heavy atom. The van der Waals surface area contributed by atoms with E-state index in [2.05, 4.69) is 9.98 Å². The Kier molecular flexibility index (Phi) is 1.53. The van der Waals surface area contributed by atoms with E-state index in [4.69, 9.17) is 6.11 Å². The topological polar surface area (TPSA) is 34.5 Å². The minimum atomic E-state index is 0.451. The van der Waals surface area contributed by atoms with Crippen LogP contribution in [-0.2, 0) is 4.74 Å². The van der Waals surface area contributed by atoms with Crippen LogP contribution in [0.5, 0.6) is 0 Å². The van der Waals surface area contributed by atoms with Crippen LogP contribution in [0.3, 0.4) is 0 Å². The average Bonchev–Trinajstić information content (AvgIpc) is 2.54. The Bertz CT molecular complexity index is 707. The Hall–Kier alpha value is -2.16. The van der Waals surface area contributed by atoms with Gasteiger partial charge >= 0.3 is 0 Å². The summed E-state index contributed by atoms with van der Waals surface area (Å²) in [4.78, 5) is 8.59. The largest absolute Gasteiger partial charge is 0.470 e. The minimum absolute atomic E-state index is 0.451. The Labute approximate surface area is 87.5 Å². The van der Waals surface area contributed by atoms with Crippen molar-refractivity contribution in [2.45, 2.75) is 0 Å². The number of para-hydroxylation sites is 1. The molecule has 0 bridgehead atoms. The predicted molar refractivity (Wildman–Crippen MR) is 57.2 cm³/mol. The first-order valence-corrected chi connectivity index (χ1v) is 4.58. The highest BCUT2D eigenvalue weighted by atomic mass is 16.5. The number of rotatable bonds is 0. The maximum atomic E-state index is 7.62. The molecule has 0 fully saturated rings. The molecule has 0 aliphatic carbocycles. The van der Waals surface area contributed by atoms with Crippen LogP contribution in [0.4, 0.5) is 0 Å². The normalized spacial score (nSPS) is 14.3. The first kappa shape index (κ1) is 7.17. The molecule has 1 aromatic carbocycles. The maximum absolute atomic E-state index is 7.62. The second-order valence-corrected chi connectivity index (χ2v) is 3.17. The third-order valence-electron chi connectivity index (χ3n) is 2.25. The van der Waals surface area contributed by atoms with Gasteiger partial charge in [0, 0.05) is 11.6 Å². The van der Waals surface area contributed by atoms with Crippen molar-refractivity contribution in [2.75, 3.05) is 0 Å². The van der Waals surface area contributed by atoms with E-state index in [1.54, 1.807) is 30.8 Å². The van der Waals surface area contributed by atoms with Gasteiger partial charge in [-0.1, -0.05) is 18.2 Å². The lowest BCUT2D eigenvalue weighted by molar-refractivity contribution is 0.460. The average molecular weight is 197 g/mol. The van der Waals surface area contributed by atoms with E-state index in [0.29, 0.717) is 6.04 Å². The van der Waals surface area contributed by atoms with E-state index in [1.807, 2.05) is 6.07 Å². The molecule has 0 saturated heterocycles. The molecule has 3 rings (SSSR count). The van der Waals surface area contributed by atoms with Crippen LogP contribution in [0.1, 0.15) is 1.37 Å². The Morgan fingerprint density at radius 2 is 2.33 bits per heavy atom. The molecule has 0 atom stereocenters. The van der Waals surface area contributed by atoms with Gasteiger partial charge in [-0.2, -0.15) is 0 Å². The van der Waals surface area contributed by atoms with Gasteiger partial charge in [-0.25, -0.2) is 0 Å². The predicted octanol–water partition coefficient (Wildman–Crippen LogP) is 1.09. The third kappa shape index (κ3) is 1.29. The molecule has 3 heteroatoms. The minimum Gasteiger partial charge on any atom is -0.470 e. The Balaban J connectivity index is 2.56. The van der Waals surface area contributed by atoms with Crippen LogP contribution in [0.2, 0.25) is 0 Å². The van der Waals surface area contributed by atoms with Crippen LogP contribution in [0, 0.1) is 0 Å². The summed E-state index contributed by atoms with van der Waals surface area (Å²) in [6.07, 6.45) is 6.43. The molecule has 2 heterocycles. The summed E-state index contributed by atoms with van der Waals surface area (Å²) < 4.78 is 12.7. The van der Waals surface area contributed by atoms with E-state index in [1.165, 1.54) is 6.26 Å². The maximum Gasteiger partial charge on any atom is 0.108 e. The highest BCUT2D eigenvalue weighted by molar-refractivity contribution is 5.77. The van der Waals surface area contributed by atoms with Crippen LogP contribution in [-0.4, -0.2) is 4.98 Å². The highest BCUT2D eigenvalue weighted by Crippen LogP contribution is 2.03. The number of aromatic nitrogens is 1. The highest BCUT2D eigenvalue weighted by Gasteiger charge is 1.98. The lowest BCUT2D eigenvalue weighted by Gasteiger charge is -1.96. The van der Waals surface area contributed by atoms with Crippen molar-refractivity contribution in [3.63, 3.8) is 0 Å². The van der Waals surface area contributed by atoms with Gasteiger partial charge in [-0.15, -0.1) is 0 Å². The van der Waals surface area contributed by atoms with Crippen LogP contribution in [0.25, 0.3) is 17.2 Å². The molecule has 2 aromatic rings. The molecule has 0 spiro atoms. The lowest BCUT2D eigenvalue weighted by Crippen LogP contribution is -2.25. The van der Waals surface area contributed by atoms with Crippen LogP contribution < -0.4 is 10.6 Å². The van der Waals surface area contributed by atoms with Crippen molar-refractivity contribution in [2.24, 2.45) is 4.99 Å². The SMILES string of the molecule is [2H]c1ccc2ncc3c(c2c1)=NC=COC=3. The van der Waals surface area contributed by atoms with Crippen molar-refractivity contribution in [3.8, 4) is 0 Å². The quantitative estimate of drug-likeness (QED) is 0.633. The second kappa shape index (κ2) is 3.20. The zero-order valence-corrected chi connectivity index (χ0v) is 7.84. The third-order valence-corrected chi connectivity index (χ3v) is 2.25. The van der Waals surface area contributed by atoms with Gasteiger partial charge in [0.05, 0.1) is 23.7 Å². The van der Waals surface area contributed by atoms with Gasteiger partial charge in [0.1, 0.15) is 12.5 Å². The van der Waals surface area contributed by atoms with Crippen molar-refractivity contribution in [1.29, 1.82) is 0 Å². The van der Waals surface area contributed by atoms with Gasteiger partial charge in [-0.3, -0.25) is 9.98 Å². The summed E-state index contributed by atoms with van der Waals surface area (Å²) in [6, 6.07) is 5.75. The van der Waals surface area contributed by atoms with Crippen LogP contribution >= 0.6 is 0 Å². The van der Waals surface area contributed by atoms with E-state index in [9.17, 15) is 0 Å². The number of hydrogen-bond acceptors (Lipinski definition) is 3. The smallest absolute Gasteiger partial charge is 0.108 e. The molecule has 0 N–H and O–H groups in total. The van der Waals surface area contributed by atoms with Crippen molar-refractivity contribution < 1.29 is 6.11 Å². The van der Waals surface area contributed by atoms with Gasteiger partial charge in [0.25, 0.3) is 0 Å². The molecular weight excluding hydrogens is 188 g/mol. The zero-order valence-electron chi connectivity index (χ0n) is 8.84. The lowest BCUT2D eigenvalue weighted by atomic mass is 10.2. The fraction of sp³-hybridized carbons (Fsp3) is 0. The molecule has 0 radical (unpaired) electrons. The molecule has 1 aliphatic heterocycles. The van der Waals surface area contributed by atoms with Gasteiger partial charge in [-0.05, 0) is 6.07 Å². The monoisotopic (exact) mass is 197 g/mol. The van der Waals surface area contributed by atoms with Crippen molar-refractivity contribution in [3.05, 3.63) is 53.5 Å². The molecule has 0 saturated carbocycles. The van der Waals surface area contributed by atoms with E-state index >= 15 is 0 Å². The molecule has 1 aromatic heterocycles. The van der Waals surface area contributed by atoms with Crippen molar-refractivity contribution in [1.82, 2.24) is 4.98 Å². The van der Waals surface area contributed by atoms with E-state index in [0.717, 1.165) is 21.5 Å². The second-order valence-electron chi connectivity index (χ2n) is 3.17. The summed E-state index contributed by atoms with van der Waals surface area (Å²) >= 11 is 0. The van der Waals surface area contributed by atoms with Gasteiger partial charge < -0.3 is 4.74 Å². The molecule has 15 heavy (non-hydrogen) atoms. The number of pyridine rings is 1. The number of fused-ring (bicyclic) bond motifs is 3. The first-order valence-electron chi connectivity index (χ1n) is 5.08. The standard InChI is InChI=1S/C12H8N2O/c1-2-4-11-10(3-1)12-9(7-14-11)8-15-6-5-13-12/h1-8H/i1D. The summed E-state index contributed by atoms with van der Waals surface area (Å²) in [5.41, 5.74) is 0.835. The first-order chi connectivity index (χ1) is 7.84. The van der Waals surface area contributed by atoms with E-state index < -0.39 is 0 Å². The van der Waals surface area contributed by atoms with E-state index in [-0.39, 0.29) is 0 Å². The zero-order chi connectivity index (χ0) is 11.0. The van der Waals surface area contributed by atoms with Crippen molar-refractivity contribution >= 4 is 17.2 Å². The van der Waals surface area contributed by atoms with Crippen LogP contribution in [0.15, 0.2) is 47.9 Å². The van der Waals surface area contributed by atoms with Gasteiger partial charge in [0.2, 0.25) is 0 Å².